The Labute approximate surface area is 345 Å². The van der Waals surface area contributed by atoms with E-state index < -0.39 is 24.0 Å². The van der Waals surface area contributed by atoms with Crippen LogP contribution in [0.3, 0.4) is 0 Å². The number of aryl methyl sites for hydroxylation is 1. The Balaban J connectivity index is 1.01. The van der Waals surface area contributed by atoms with E-state index in [1.807, 2.05) is 73.0 Å². The lowest BCUT2D eigenvalue weighted by Gasteiger charge is -2.25. The topological polar surface area (TPSA) is 228 Å². The number of fused-ring (bicyclic) bond motifs is 1. The highest BCUT2D eigenvalue weighted by Gasteiger charge is 2.34. The van der Waals surface area contributed by atoms with Crippen molar-refractivity contribution in [3.8, 4) is 0 Å². The van der Waals surface area contributed by atoms with E-state index in [1.54, 1.807) is 30.0 Å². The Kier molecular flexibility index (Phi) is 17.0. The molecule has 0 bridgehead atoms. The molecule has 18 heteroatoms. The van der Waals surface area contributed by atoms with Gasteiger partial charge in [-0.15, -0.1) is 11.3 Å². The van der Waals surface area contributed by atoms with Gasteiger partial charge in [0.05, 0.1) is 36.9 Å². The van der Waals surface area contributed by atoms with Crippen LogP contribution in [-0.4, -0.2) is 98.4 Å². The predicted molar refractivity (Wildman–Crippen MR) is 229 cm³/mol. The lowest BCUT2D eigenvalue weighted by atomic mass is 10.0. The summed E-state index contributed by atoms with van der Waals surface area (Å²) in [6.45, 7) is 3.64. The number of aliphatic imine (C=N–C) groups is 2. The maximum absolute atomic E-state index is 14.1. The van der Waals surface area contributed by atoms with E-state index in [2.05, 4.69) is 31.2 Å². The van der Waals surface area contributed by atoms with Gasteiger partial charge in [-0.05, 0) is 37.1 Å². The zero-order chi connectivity index (χ0) is 41.1. The number of guanidine groups is 1. The van der Waals surface area contributed by atoms with Crippen molar-refractivity contribution in [3.05, 3.63) is 107 Å². The number of amides is 5. The van der Waals surface area contributed by atoms with Crippen molar-refractivity contribution >= 4 is 75.0 Å². The van der Waals surface area contributed by atoms with Crippen LogP contribution in [0.15, 0.2) is 94.2 Å². The molecule has 3 aromatic carbocycles. The lowest BCUT2D eigenvalue weighted by Crippen LogP contribution is -2.51. The molecule has 4 aromatic rings. The first-order valence-corrected chi connectivity index (χ1v) is 20.7. The average molecular weight is 829 g/mol. The largest absolute Gasteiger partial charge is 0.379 e. The molecule has 0 fully saturated rings. The molecule has 58 heavy (non-hydrogen) atoms. The summed E-state index contributed by atoms with van der Waals surface area (Å²) in [6.07, 6.45) is -0.395. The molecule has 1 aromatic heterocycles. The minimum atomic E-state index is -1.32. The molecule has 2 heterocycles. The third kappa shape index (κ3) is 14.0. The number of ether oxygens (including phenoxy) is 2. The van der Waals surface area contributed by atoms with Crippen molar-refractivity contribution < 1.29 is 28.7 Å². The number of anilines is 2. The Bertz CT molecular complexity index is 2060. The van der Waals surface area contributed by atoms with Crippen molar-refractivity contribution in [2.24, 2.45) is 21.5 Å². The van der Waals surface area contributed by atoms with E-state index in [4.69, 9.17) is 25.9 Å². The number of para-hydroxylation sites is 1. The van der Waals surface area contributed by atoms with Gasteiger partial charge in [-0.2, -0.15) is 16.8 Å². The molecule has 0 saturated carbocycles. The van der Waals surface area contributed by atoms with Crippen LogP contribution in [0.25, 0.3) is 0 Å². The number of carbonyl (C=O) groups is 4. The summed E-state index contributed by atoms with van der Waals surface area (Å²) in [5.74, 6) is 0.405. The summed E-state index contributed by atoms with van der Waals surface area (Å²) in [5, 5.41) is 13.6. The molecule has 16 nitrogen and oxygen atoms in total. The van der Waals surface area contributed by atoms with Gasteiger partial charge in [-0.1, -0.05) is 60.7 Å². The van der Waals surface area contributed by atoms with Crippen LogP contribution in [0.4, 0.5) is 21.3 Å². The van der Waals surface area contributed by atoms with Gasteiger partial charge >= 0.3 is 6.03 Å². The second-order valence-electron chi connectivity index (χ2n) is 12.9. The molecule has 0 aliphatic carbocycles. The molecule has 0 spiro atoms. The third-order valence-corrected chi connectivity index (χ3v) is 10.1. The normalized spacial score (nSPS) is 13.5. The van der Waals surface area contributed by atoms with E-state index in [-0.39, 0.29) is 31.6 Å². The van der Waals surface area contributed by atoms with Crippen LogP contribution in [0, 0.1) is 6.92 Å². The van der Waals surface area contributed by atoms with Crippen LogP contribution >= 0.6 is 23.1 Å². The zero-order valence-electron chi connectivity index (χ0n) is 32.1. The molecule has 1 unspecified atom stereocenters. The summed E-state index contributed by atoms with van der Waals surface area (Å²) < 4.78 is 11.2. The smallest absolute Gasteiger partial charge is 0.321 e. The van der Waals surface area contributed by atoms with Crippen LogP contribution in [-0.2, 0) is 29.6 Å². The van der Waals surface area contributed by atoms with E-state index in [0.717, 1.165) is 22.6 Å². The SMILES string of the molecule is Cc1cccc(NC(=O)NC2N=C(c3ccccc3)c3ccccc3N(CC(=O)NCCOCCOCCCC(=O)NCCSCc3csc(N=C(N)N)n3)C2=O)c1. The number of nitrogens with two attached hydrogens (primary N) is 2. The molecule has 1 atom stereocenters. The minimum absolute atomic E-state index is 0.0239. The fraction of sp³-hybridized carbons (Fsp3) is 0.325. The Hall–Kier alpha value is -5.82. The number of benzodiazepines with no additional fused rings is 1. The van der Waals surface area contributed by atoms with E-state index >= 15 is 0 Å². The lowest BCUT2D eigenvalue weighted by molar-refractivity contribution is -0.124. The second-order valence-corrected chi connectivity index (χ2v) is 14.8. The van der Waals surface area contributed by atoms with E-state index in [9.17, 15) is 19.2 Å². The van der Waals surface area contributed by atoms with Gasteiger partial charge in [0, 0.05) is 59.8 Å². The van der Waals surface area contributed by atoms with Gasteiger partial charge in [0.1, 0.15) is 6.54 Å². The number of thioether (sulfide) groups is 1. The van der Waals surface area contributed by atoms with Gasteiger partial charge < -0.3 is 42.2 Å². The molecule has 0 saturated heterocycles. The highest BCUT2D eigenvalue weighted by Crippen LogP contribution is 2.28. The van der Waals surface area contributed by atoms with Crippen molar-refractivity contribution in [2.75, 3.05) is 62.0 Å². The van der Waals surface area contributed by atoms with Gasteiger partial charge in [0.2, 0.25) is 23.1 Å². The summed E-state index contributed by atoms with van der Waals surface area (Å²) in [7, 11) is 0. The Morgan fingerprint density at radius 1 is 0.914 bits per heavy atom. The number of hydrogen-bond donors (Lipinski definition) is 6. The standard InChI is InChI=1S/C40H48N10O6S2/c1-27-9-7-12-29(23-27)45-39(54)48-36-37(53)50(32-14-6-5-13-31(32)35(47-36)28-10-3-2-4-11-28)24-34(52)43-16-19-56-21-20-55-18-8-15-33(51)44-17-22-57-25-30-26-58-40(46-30)49-38(41)42/h2-7,9-14,23,26,36H,8,15-22,24-25H2,1H3,(H,43,52)(H,44,51)(H2,45,48,54)(H4,41,42,46,49). The van der Waals surface area contributed by atoms with Crippen LogP contribution < -0.4 is 37.6 Å². The predicted octanol–water partition coefficient (Wildman–Crippen LogP) is 3.67. The Morgan fingerprint density at radius 2 is 1.67 bits per heavy atom. The molecule has 1 aliphatic rings. The van der Waals surface area contributed by atoms with Gasteiger partial charge in [-0.25, -0.2) is 14.8 Å². The maximum Gasteiger partial charge on any atom is 0.321 e. The van der Waals surface area contributed by atoms with Crippen molar-refractivity contribution in [3.63, 3.8) is 0 Å². The van der Waals surface area contributed by atoms with Crippen LogP contribution in [0.2, 0.25) is 0 Å². The summed E-state index contributed by atoms with van der Waals surface area (Å²) in [5.41, 5.74) is 15.5. The number of hydrogen-bond acceptors (Lipinski definition) is 11. The van der Waals surface area contributed by atoms with Crippen molar-refractivity contribution in [2.45, 2.75) is 31.7 Å². The fourth-order valence-corrected chi connectivity index (χ4v) is 7.26. The van der Waals surface area contributed by atoms with E-state index in [0.29, 0.717) is 72.7 Å². The highest BCUT2D eigenvalue weighted by molar-refractivity contribution is 7.98. The molecule has 306 valence electrons. The highest BCUT2D eigenvalue weighted by atomic mass is 32.2. The number of nitrogens with zero attached hydrogens (tertiary/aromatic N) is 4. The van der Waals surface area contributed by atoms with Crippen molar-refractivity contribution in [1.82, 2.24) is 20.9 Å². The van der Waals surface area contributed by atoms with Crippen molar-refractivity contribution in [1.29, 1.82) is 0 Å². The first kappa shape index (κ1) is 43.3. The number of urea groups is 1. The van der Waals surface area contributed by atoms with Crippen LogP contribution in [0.1, 0.15) is 35.2 Å². The first-order valence-electron chi connectivity index (χ1n) is 18.6. The maximum atomic E-state index is 14.1. The number of aromatic nitrogens is 1. The second kappa shape index (κ2) is 22.8. The Morgan fingerprint density at radius 3 is 2.47 bits per heavy atom. The summed E-state index contributed by atoms with van der Waals surface area (Å²) >= 11 is 3.03. The zero-order valence-corrected chi connectivity index (χ0v) is 33.8. The number of rotatable bonds is 21. The first-order chi connectivity index (χ1) is 28.2. The number of benzene rings is 3. The molecule has 1 aliphatic heterocycles. The molecular weight excluding hydrogens is 781 g/mol. The quantitative estimate of drug-likeness (QED) is 0.0406. The van der Waals surface area contributed by atoms with Crippen LogP contribution in [0.5, 0.6) is 0 Å². The fourth-order valence-electron chi connectivity index (χ4n) is 5.70. The molecule has 0 radical (unpaired) electrons. The summed E-state index contributed by atoms with van der Waals surface area (Å²) in [4.78, 5) is 66.9. The number of thiazole rings is 1. The van der Waals surface area contributed by atoms with Gasteiger partial charge in [0.25, 0.3) is 5.91 Å². The summed E-state index contributed by atoms with van der Waals surface area (Å²) in [6, 6.07) is 23.2. The molecule has 5 rings (SSSR count). The number of nitrogens with one attached hydrogen (secondary N) is 4. The van der Waals surface area contributed by atoms with Gasteiger partial charge in [0.15, 0.2) is 5.96 Å². The molecular formula is C40H48N10O6S2. The monoisotopic (exact) mass is 828 g/mol. The minimum Gasteiger partial charge on any atom is -0.379 e. The van der Waals surface area contributed by atoms with E-state index in [1.165, 1.54) is 16.2 Å². The average Bonchev–Trinajstić information content (AvgIpc) is 3.61. The number of carbonyl (C=O) groups excluding carboxylic acids is 4. The van der Waals surface area contributed by atoms with Gasteiger partial charge in [-0.3, -0.25) is 19.3 Å². The molecule has 8 N–H and O–H groups in total. The molecule has 5 amide bonds. The third-order valence-electron chi connectivity index (χ3n) is 8.32.